The monoisotopic (exact) mass is 311 g/mol. The summed E-state index contributed by atoms with van der Waals surface area (Å²) >= 11 is 0. The largest absolute Gasteiger partial charge is 0.484 e. The van der Waals surface area contributed by atoms with Crippen LogP contribution in [0, 0.1) is 0 Å². The Balaban J connectivity index is 1.46. The number of hydrogen-bond acceptors (Lipinski definition) is 3. The van der Waals surface area contributed by atoms with E-state index in [0.29, 0.717) is 11.8 Å². The van der Waals surface area contributed by atoms with Gasteiger partial charge >= 0.3 is 0 Å². The van der Waals surface area contributed by atoms with Gasteiger partial charge in [0.1, 0.15) is 17.2 Å². The minimum Gasteiger partial charge on any atom is -0.484 e. The molecule has 0 spiro atoms. The van der Waals surface area contributed by atoms with Crippen LogP contribution in [0.4, 0.5) is 0 Å². The van der Waals surface area contributed by atoms with Crippen LogP contribution in [0.3, 0.4) is 0 Å². The predicted octanol–water partition coefficient (Wildman–Crippen LogP) is 3.92. The van der Waals surface area contributed by atoms with Crippen molar-refractivity contribution in [3.63, 3.8) is 0 Å². The number of hydrogen-bond donors (Lipinski definition) is 1. The summed E-state index contributed by atoms with van der Waals surface area (Å²) in [5.41, 5.74) is 0. The van der Waals surface area contributed by atoms with E-state index in [-0.39, 0.29) is 12.5 Å². The van der Waals surface area contributed by atoms with E-state index in [4.69, 9.17) is 9.47 Å². The second kappa shape index (κ2) is 7.68. The number of amides is 1. The van der Waals surface area contributed by atoms with Gasteiger partial charge in [0.05, 0.1) is 0 Å². The average Bonchev–Trinajstić information content (AvgIpc) is 3.08. The summed E-state index contributed by atoms with van der Waals surface area (Å²) < 4.78 is 11.2. The molecule has 1 aliphatic rings. The molecule has 2 aromatic carbocycles. The van der Waals surface area contributed by atoms with Crippen molar-refractivity contribution >= 4 is 5.91 Å². The van der Waals surface area contributed by atoms with Crippen LogP contribution in [0.2, 0.25) is 0 Å². The molecular weight excluding hydrogens is 290 g/mol. The zero-order valence-electron chi connectivity index (χ0n) is 13.0. The normalized spacial score (nSPS) is 14.4. The molecule has 120 valence electrons. The average molecular weight is 311 g/mol. The highest BCUT2D eigenvalue weighted by molar-refractivity contribution is 5.77. The fourth-order valence-corrected chi connectivity index (χ4v) is 2.72. The fraction of sp³-hybridized carbons (Fsp3) is 0.316. The Morgan fingerprint density at radius 2 is 1.52 bits per heavy atom. The predicted molar refractivity (Wildman–Crippen MR) is 88.9 cm³/mol. The SMILES string of the molecule is O=C(COc1ccc(Oc2ccccc2)cc1)NC1CCCC1. The van der Waals surface area contributed by atoms with Crippen LogP contribution < -0.4 is 14.8 Å². The van der Waals surface area contributed by atoms with Crippen LogP contribution in [0.1, 0.15) is 25.7 Å². The molecule has 0 atom stereocenters. The smallest absolute Gasteiger partial charge is 0.258 e. The molecule has 0 bridgehead atoms. The summed E-state index contributed by atoms with van der Waals surface area (Å²) in [6, 6.07) is 17.2. The zero-order valence-corrected chi connectivity index (χ0v) is 13.0. The van der Waals surface area contributed by atoms with Crippen molar-refractivity contribution in [3.8, 4) is 17.2 Å². The molecule has 3 rings (SSSR count). The maximum absolute atomic E-state index is 11.8. The van der Waals surface area contributed by atoms with Crippen molar-refractivity contribution in [2.45, 2.75) is 31.7 Å². The first-order valence-electron chi connectivity index (χ1n) is 8.05. The Labute approximate surface area is 136 Å². The molecule has 1 amide bonds. The fourth-order valence-electron chi connectivity index (χ4n) is 2.72. The summed E-state index contributed by atoms with van der Waals surface area (Å²) in [7, 11) is 0. The van der Waals surface area contributed by atoms with E-state index in [2.05, 4.69) is 5.32 Å². The molecule has 4 nitrogen and oxygen atoms in total. The van der Waals surface area contributed by atoms with E-state index in [9.17, 15) is 4.79 Å². The Bertz CT molecular complexity index is 619. The molecule has 1 aliphatic carbocycles. The lowest BCUT2D eigenvalue weighted by atomic mass is 10.2. The molecule has 0 unspecified atom stereocenters. The molecule has 0 aliphatic heterocycles. The highest BCUT2D eigenvalue weighted by Crippen LogP contribution is 2.23. The minimum atomic E-state index is -0.0542. The molecule has 4 heteroatoms. The van der Waals surface area contributed by atoms with Crippen molar-refractivity contribution < 1.29 is 14.3 Å². The molecule has 23 heavy (non-hydrogen) atoms. The first kappa shape index (κ1) is 15.4. The van der Waals surface area contributed by atoms with Gasteiger partial charge in [-0.05, 0) is 49.2 Å². The standard InChI is InChI=1S/C19H21NO3/c21-19(20-15-6-4-5-7-15)14-22-16-10-12-18(13-11-16)23-17-8-2-1-3-9-17/h1-3,8-13,15H,4-7,14H2,(H,20,21). The second-order valence-electron chi connectivity index (χ2n) is 5.72. The highest BCUT2D eigenvalue weighted by Gasteiger charge is 2.17. The number of rotatable bonds is 6. The Morgan fingerprint density at radius 3 is 2.22 bits per heavy atom. The number of carbonyl (C=O) groups is 1. The topological polar surface area (TPSA) is 47.6 Å². The van der Waals surface area contributed by atoms with E-state index < -0.39 is 0 Å². The quantitative estimate of drug-likeness (QED) is 0.879. The van der Waals surface area contributed by atoms with Gasteiger partial charge in [-0.1, -0.05) is 31.0 Å². The minimum absolute atomic E-state index is 0.0510. The third kappa shape index (κ3) is 4.74. The van der Waals surface area contributed by atoms with Crippen molar-refractivity contribution in [1.82, 2.24) is 5.32 Å². The van der Waals surface area contributed by atoms with Gasteiger partial charge in [-0.15, -0.1) is 0 Å². The van der Waals surface area contributed by atoms with Gasteiger partial charge in [-0.2, -0.15) is 0 Å². The number of ether oxygens (including phenoxy) is 2. The maximum Gasteiger partial charge on any atom is 0.258 e. The van der Waals surface area contributed by atoms with Gasteiger partial charge in [0.2, 0.25) is 0 Å². The molecular formula is C19H21NO3. The summed E-state index contributed by atoms with van der Waals surface area (Å²) in [5.74, 6) is 2.13. The van der Waals surface area contributed by atoms with E-state index in [1.165, 1.54) is 12.8 Å². The lowest BCUT2D eigenvalue weighted by molar-refractivity contribution is -0.123. The molecule has 2 aromatic rings. The van der Waals surface area contributed by atoms with Crippen LogP contribution in [-0.2, 0) is 4.79 Å². The third-order valence-electron chi connectivity index (χ3n) is 3.89. The molecule has 0 aromatic heterocycles. The summed E-state index contributed by atoms with van der Waals surface area (Å²) in [4.78, 5) is 11.8. The number of nitrogens with one attached hydrogen (secondary N) is 1. The zero-order chi connectivity index (χ0) is 15.9. The summed E-state index contributed by atoms with van der Waals surface area (Å²) in [6.45, 7) is 0.0510. The van der Waals surface area contributed by atoms with Gasteiger partial charge in [0.25, 0.3) is 5.91 Å². The van der Waals surface area contributed by atoms with Gasteiger partial charge in [-0.3, -0.25) is 4.79 Å². The van der Waals surface area contributed by atoms with Crippen LogP contribution in [-0.4, -0.2) is 18.6 Å². The Kier molecular flexibility index (Phi) is 5.14. The Morgan fingerprint density at radius 1 is 0.913 bits per heavy atom. The van der Waals surface area contributed by atoms with E-state index >= 15 is 0 Å². The van der Waals surface area contributed by atoms with Gasteiger partial charge in [0.15, 0.2) is 6.61 Å². The highest BCUT2D eigenvalue weighted by atomic mass is 16.5. The van der Waals surface area contributed by atoms with Crippen LogP contribution >= 0.6 is 0 Å². The van der Waals surface area contributed by atoms with Crippen LogP contribution in [0.15, 0.2) is 54.6 Å². The van der Waals surface area contributed by atoms with Gasteiger partial charge in [0, 0.05) is 6.04 Å². The second-order valence-corrected chi connectivity index (χ2v) is 5.72. The lowest BCUT2D eigenvalue weighted by Gasteiger charge is -2.12. The molecule has 0 saturated heterocycles. The lowest BCUT2D eigenvalue weighted by Crippen LogP contribution is -2.36. The van der Waals surface area contributed by atoms with E-state index in [1.807, 2.05) is 42.5 Å². The molecule has 0 heterocycles. The van der Waals surface area contributed by atoms with Crippen molar-refractivity contribution in [2.75, 3.05) is 6.61 Å². The number of carbonyl (C=O) groups excluding carboxylic acids is 1. The van der Waals surface area contributed by atoms with Crippen LogP contribution in [0.25, 0.3) is 0 Å². The molecule has 1 saturated carbocycles. The van der Waals surface area contributed by atoms with Crippen molar-refractivity contribution in [3.05, 3.63) is 54.6 Å². The number of benzene rings is 2. The van der Waals surface area contributed by atoms with E-state index in [0.717, 1.165) is 24.3 Å². The molecule has 0 radical (unpaired) electrons. The third-order valence-corrected chi connectivity index (χ3v) is 3.89. The number of para-hydroxylation sites is 1. The molecule has 1 N–H and O–H groups in total. The Hall–Kier alpha value is -2.49. The van der Waals surface area contributed by atoms with Crippen molar-refractivity contribution in [1.29, 1.82) is 0 Å². The van der Waals surface area contributed by atoms with E-state index in [1.54, 1.807) is 12.1 Å². The summed E-state index contributed by atoms with van der Waals surface area (Å²) in [5, 5.41) is 3.00. The maximum atomic E-state index is 11.8. The first-order chi connectivity index (χ1) is 11.3. The first-order valence-corrected chi connectivity index (χ1v) is 8.05. The van der Waals surface area contributed by atoms with Gasteiger partial charge < -0.3 is 14.8 Å². The molecule has 1 fully saturated rings. The van der Waals surface area contributed by atoms with Crippen molar-refractivity contribution in [2.24, 2.45) is 0 Å². The van der Waals surface area contributed by atoms with Gasteiger partial charge in [-0.25, -0.2) is 0 Å². The van der Waals surface area contributed by atoms with Crippen LogP contribution in [0.5, 0.6) is 17.2 Å². The summed E-state index contributed by atoms with van der Waals surface area (Å²) in [6.07, 6.45) is 4.57.